The van der Waals surface area contributed by atoms with Gasteiger partial charge in [0.15, 0.2) is 6.10 Å². The first-order chi connectivity index (χ1) is 15.7. The minimum absolute atomic E-state index is 0.0524. The molecule has 0 fully saturated rings. The van der Waals surface area contributed by atoms with Gasteiger partial charge in [-0.15, -0.1) is 0 Å². The van der Waals surface area contributed by atoms with Crippen molar-refractivity contribution in [2.45, 2.75) is 61.7 Å². The van der Waals surface area contributed by atoms with E-state index in [1.807, 2.05) is 0 Å². The number of hydrogen-bond acceptors (Lipinski definition) is 7. The number of aliphatic hydroxyl groups is 1. The van der Waals surface area contributed by atoms with Crippen LogP contribution in [0.4, 0.5) is 0 Å². The molecule has 2 unspecified atom stereocenters. The van der Waals surface area contributed by atoms with Gasteiger partial charge in [-0.25, -0.2) is 8.42 Å². The zero-order chi connectivity index (χ0) is 25.1. The number of H-pyrrole nitrogens is 1. The molecule has 34 heavy (non-hydrogen) atoms. The maximum absolute atomic E-state index is 13.3. The second kappa shape index (κ2) is 7.89. The summed E-state index contributed by atoms with van der Waals surface area (Å²) in [5.74, 6) is 0.459. The molecule has 0 radical (unpaired) electrons. The number of sulfone groups is 1. The molecule has 1 aromatic heterocycles. The Morgan fingerprint density at radius 2 is 1.71 bits per heavy atom. The van der Waals surface area contributed by atoms with Gasteiger partial charge in [-0.1, -0.05) is 6.07 Å². The highest BCUT2D eigenvalue weighted by molar-refractivity contribution is 7.91. The molecule has 3 N–H and O–H groups in total. The molecule has 2 atom stereocenters. The van der Waals surface area contributed by atoms with E-state index in [0.29, 0.717) is 22.6 Å². The van der Waals surface area contributed by atoms with Crippen molar-refractivity contribution in [1.29, 1.82) is 0 Å². The first-order valence-corrected chi connectivity index (χ1v) is 12.2. The van der Waals surface area contributed by atoms with E-state index < -0.39 is 27.1 Å². The van der Waals surface area contributed by atoms with Crippen LogP contribution in [-0.4, -0.2) is 34.8 Å². The van der Waals surface area contributed by atoms with E-state index in [9.17, 15) is 23.4 Å². The van der Waals surface area contributed by atoms with Gasteiger partial charge in [0.05, 0.1) is 9.79 Å². The van der Waals surface area contributed by atoms with E-state index in [1.54, 1.807) is 34.6 Å². The second-order valence-corrected chi connectivity index (χ2v) is 11.2. The summed E-state index contributed by atoms with van der Waals surface area (Å²) in [5, 5.41) is 21.3. The van der Waals surface area contributed by atoms with E-state index in [0.717, 1.165) is 0 Å². The van der Waals surface area contributed by atoms with E-state index in [-0.39, 0.29) is 26.8 Å². The summed E-state index contributed by atoms with van der Waals surface area (Å²) in [6.45, 7) is 8.48. The van der Waals surface area contributed by atoms with Crippen LogP contribution in [0, 0.1) is 13.8 Å². The van der Waals surface area contributed by atoms with Crippen LogP contribution in [0.25, 0.3) is 0 Å². The highest BCUT2D eigenvalue weighted by Gasteiger charge is 2.54. The predicted octanol–water partition coefficient (Wildman–Crippen LogP) is 3.57. The molecular weight excluding hydrogens is 458 g/mol. The summed E-state index contributed by atoms with van der Waals surface area (Å²) in [5.41, 5.74) is -1.43. The number of rotatable bonds is 4. The number of aromatic hydroxyl groups is 1. The highest BCUT2D eigenvalue weighted by atomic mass is 32.2. The fourth-order valence-corrected chi connectivity index (χ4v) is 5.26. The molecule has 0 amide bonds. The molecule has 2 aromatic carbocycles. The van der Waals surface area contributed by atoms with Gasteiger partial charge < -0.3 is 24.7 Å². The number of fused-ring (bicyclic) bond motifs is 1. The molecule has 0 bridgehead atoms. The van der Waals surface area contributed by atoms with Crippen molar-refractivity contribution in [3.8, 4) is 17.2 Å². The van der Waals surface area contributed by atoms with Crippen LogP contribution in [-0.2, 0) is 9.84 Å². The summed E-state index contributed by atoms with van der Waals surface area (Å²) in [4.78, 5) is 14.7. The third-order valence-corrected chi connectivity index (χ3v) is 8.30. The summed E-state index contributed by atoms with van der Waals surface area (Å²) in [7, 11) is -3.99. The third kappa shape index (κ3) is 3.84. The Hall–Kier alpha value is -3.30. The average Bonchev–Trinajstić information content (AvgIpc) is 2.74. The maximum atomic E-state index is 13.3. The summed E-state index contributed by atoms with van der Waals surface area (Å²) in [6, 6.07) is 11.0. The average molecular weight is 486 g/mol. The lowest BCUT2D eigenvalue weighted by Crippen LogP contribution is -2.59. The lowest BCUT2D eigenvalue weighted by molar-refractivity contribution is -0.174. The molecule has 9 heteroatoms. The third-order valence-electron chi connectivity index (χ3n) is 6.55. The zero-order valence-corrected chi connectivity index (χ0v) is 20.4. The minimum atomic E-state index is -3.99. The minimum Gasteiger partial charge on any atom is -0.508 e. The van der Waals surface area contributed by atoms with E-state index in [4.69, 9.17) is 9.47 Å². The number of aryl methyl sites for hydroxylation is 1. The number of hydrogen-bond donors (Lipinski definition) is 3. The molecule has 8 nitrogen and oxygen atoms in total. The van der Waals surface area contributed by atoms with Gasteiger partial charge in [0, 0.05) is 22.9 Å². The molecule has 0 spiro atoms. The smallest absolute Gasteiger partial charge is 0.251 e. The number of ether oxygens (including phenoxy) is 2. The fourth-order valence-electron chi connectivity index (χ4n) is 3.93. The Balaban J connectivity index is 1.89. The Morgan fingerprint density at radius 1 is 1.03 bits per heavy atom. The fraction of sp³-hybridized carbons (Fsp3) is 0.320. The second-order valence-electron chi connectivity index (χ2n) is 9.21. The quantitative estimate of drug-likeness (QED) is 0.516. The number of pyridine rings is 1. The van der Waals surface area contributed by atoms with Gasteiger partial charge in [-0.05, 0) is 71.0 Å². The molecule has 2 heterocycles. The zero-order valence-electron chi connectivity index (χ0n) is 19.5. The molecule has 180 valence electrons. The largest absolute Gasteiger partial charge is 0.508 e. The summed E-state index contributed by atoms with van der Waals surface area (Å²) >= 11 is 0. The van der Waals surface area contributed by atoms with E-state index in [1.165, 1.54) is 48.5 Å². The van der Waals surface area contributed by atoms with Gasteiger partial charge in [-0.3, -0.25) is 4.79 Å². The van der Waals surface area contributed by atoms with Crippen molar-refractivity contribution in [1.82, 2.24) is 4.98 Å². The van der Waals surface area contributed by atoms with Crippen LogP contribution >= 0.6 is 0 Å². The van der Waals surface area contributed by atoms with Crippen LogP contribution in [0.2, 0.25) is 0 Å². The molecule has 3 aromatic rings. The maximum Gasteiger partial charge on any atom is 0.251 e. The number of phenols is 1. The molecule has 0 saturated carbocycles. The normalized spacial score (nSPS) is 21.4. The molecule has 0 saturated heterocycles. The van der Waals surface area contributed by atoms with Crippen molar-refractivity contribution >= 4 is 9.84 Å². The van der Waals surface area contributed by atoms with Crippen molar-refractivity contribution in [3.05, 3.63) is 75.7 Å². The lowest BCUT2D eigenvalue weighted by atomic mass is 9.77. The number of aromatic amines is 1. The number of benzene rings is 2. The number of nitrogens with one attached hydrogen (secondary N) is 1. The van der Waals surface area contributed by atoms with Crippen molar-refractivity contribution in [3.63, 3.8) is 0 Å². The Kier molecular flexibility index (Phi) is 5.53. The highest BCUT2D eigenvalue weighted by Crippen LogP contribution is 2.49. The van der Waals surface area contributed by atoms with Gasteiger partial charge >= 0.3 is 0 Å². The molecule has 1 aliphatic rings. The topological polar surface area (TPSA) is 126 Å². The first kappa shape index (κ1) is 23.8. The lowest BCUT2D eigenvalue weighted by Gasteiger charge is -2.49. The summed E-state index contributed by atoms with van der Waals surface area (Å²) in [6.07, 6.45) is -1.05. The van der Waals surface area contributed by atoms with Gasteiger partial charge in [0.25, 0.3) is 5.56 Å². The molecular formula is C25H27NO7S. The van der Waals surface area contributed by atoms with Crippen LogP contribution in [0.3, 0.4) is 0 Å². The standard InChI is InChI=1S/C25H27NO7S/c1-14-15(2)26-22(28)13-21(14)32-23-19-12-18(34(30,31)17-8-6-7-16(27)11-17)9-10-20(19)33-24(3,4)25(23,5)29/h6-13,23,27,29H,1-5H3,(H,26,28). The van der Waals surface area contributed by atoms with Crippen molar-refractivity contribution < 1.29 is 28.1 Å². The first-order valence-electron chi connectivity index (χ1n) is 10.7. The Bertz CT molecular complexity index is 1440. The van der Waals surface area contributed by atoms with E-state index in [2.05, 4.69) is 4.98 Å². The van der Waals surface area contributed by atoms with Crippen molar-refractivity contribution in [2.24, 2.45) is 0 Å². The van der Waals surface area contributed by atoms with Gasteiger partial charge in [0.2, 0.25) is 9.84 Å². The van der Waals surface area contributed by atoms with Gasteiger partial charge in [-0.2, -0.15) is 0 Å². The molecule has 4 rings (SSSR count). The summed E-state index contributed by atoms with van der Waals surface area (Å²) < 4.78 is 38.8. The van der Waals surface area contributed by atoms with E-state index >= 15 is 0 Å². The Morgan fingerprint density at radius 3 is 2.38 bits per heavy atom. The van der Waals surface area contributed by atoms with Crippen LogP contribution in [0.15, 0.2) is 63.1 Å². The predicted molar refractivity (Wildman–Crippen MR) is 125 cm³/mol. The monoisotopic (exact) mass is 485 g/mol. The van der Waals surface area contributed by atoms with Crippen LogP contribution in [0.5, 0.6) is 17.2 Å². The van der Waals surface area contributed by atoms with Crippen molar-refractivity contribution in [2.75, 3.05) is 0 Å². The van der Waals surface area contributed by atoms with Gasteiger partial charge in [0.1, 0.15) is 28.5 Å². The number of aromatic nitrogens is 1. The molecule has 1 aliphatic heterocycles. The molecule has 0 aliphatic carbocycles. The van der Waals surface area contributed by atoms with Crippen LogP contribution < -0.4 is 15.0 Å². The van der Waals surface area contributed by atoms with Crippen LogP contribution in [0.1, 0.15) is 43.7 Å². The number of phenolic OH excluding ortho intramolecular Hbond substituents is 1. The SMILES string of the molecule is Cc1[nH]c(=O)cc(OC2c3cc(S(=O)(=O)c4cccc(O)c4)ccc3OC(C)(C)C2(C)O)c1C. The Labute approximate surface area is 197 Å².